The third-order valence-electron chi connectivity index (χ3n) is 4.31. The fraction of sp³-hybridized carbons (Fsp3) is 0.923. The van der Waals surface area contributed by atoms with Gasteiger partial charge in [-0.25, -0.2) is 0 Å². The van der Waals surface area contributed by atoms with Crippen LogP contribution in [-0.2, 0) is 9.53 Å². The van der Waals surface area contributed by atoms with Crippen LogP contribution in [0.2, 0.25) is 0 Å². The maximum Gasteiger partial charge on any atom is 0.222 e. The van der Waals surface area contributed by atoms with Crippen molar-refractivity contribution in [3.05, 3.63) is 0 Å². The highest BCUT2D eigenvalue weighted by molar-refractivity contribution is 5.77. The molecule has 0 aromatic carbocycles. The van der Waals surface area contributed by atoms with Crippen LogP contribution in [0.15, 0.2) is 0 Å². The Kier molecular flexibility index (Phi) is 3.73. The van der Waals surface area contributed by atoms with E-state index in [-0.39, 0.29) is 17.0 Å². The standard InChI is InChI=1S/C13H24N2O2/c1-12(5-4-8-15-12)10-14-11(16)9-13(17-2)6-3-7-13/h15H,3-10H2,1-2H3,(H,14,16). The SMILES string of the molecule is COC1(CC(=O)NCC2(C)CCCN2)CCC1. The largest absolute Gasteiger partial charge is 0.378 e. The topological polar surface area (TPSA) is 50.4 Å². The van der Waals surface area contributed by atoms with E-state index in [0.29, 0.717) is 6.42 Å². The van der Waals surface area contributed by atoms with Gasteiger partial charge in [-0.1, -0.05) is 0 Å². The maximum atomic E-state index is 11.9. The van der Waals surface area contributed by atoms with E-state index in [4.69, 9.17) is 4.74 Å². The molecule has 4 nitrogen and oxygen atoms in total. The zero-order chi connectivity index (χ0) is 12.4. The lowest BCUT2D eigenvalue weighted by atomic mass is 9.77. The van der Waals surface area contributed by atoms with Crippen LogP contribution >= 0.6 is 0 Å². The number of ether oxygens (including phenoxy) is 1. The molecule has 4 heteroatoms. The number of hydrogen-bond donors (Lipinski definition) is 2. The highest BCUT2D eigenvalue weighted by Gasteiger charge is 2.39. The fourth-order valence-electron chi connectivity index (χ4n) is 2.78. The summed E-state index contributed by atoms with van der Waals surface area (Å²) in [6, 6.07) is 0. The molecule has 17 heavy (non-hydrogen) atoms. The Morgan fingerprint density at radius 3 is 2.59 bits per heavy atom. The zero-order valence-electron chi connectivity index (χ0n) is 11.0. The van der Waals surface area contributed by atoms with E-state index in [1.54, 1.807) is 7.11 Å². The van der Waals surface area contributed by atoms with Crippen molar-refractivity contribution in [3.63, 3.8) is 0 Å². The molecule has 0 aromatic rings. The van der Waals surface area contributed by atoms with E-state index in [0.717, 1.165) is 32.4 Å². The second-order valence-electron chi connectivity index (χ2n) is 5.79. The van der Waals surface area contributed by atoms with Crippen molar-refractivity contribution in [1.29, 1.82) is 0 Å². The van der Waals surface area contributed by atoms with Gasteiger partial charge >= 0.3 is 0 Å². The van der Waals surface area contributed by atoms with Gasteiger partial charge in [0.15, 0.2) is 0 Å². The first-order chi connectivity index (χ1) is 8.08. The van der Waals surface area contributed by atoms with Crippen LogP contribution in [-0.4, -0.2) is 37.2 Å². The Morgan fingerprint density at radius 1 is 1.35 bits per heavy atom. The molecule has 1 amide bonds. The zero-order valence-corrected chi connectivity index (χ0v) is 11.0. The summed E-state index contributed by atoms with van der Waals surface area (Å²) in [6.07, 6.45) is 6.08. The average molecular weight is 240 g/mol. The molecular weight excluding hydrogens is 216 g/mol. The Bertz CT molecular complexity index is 276. The molecule has 0 aromatic heterocycles. The summed E-state index contributed by atoms with van der Waals surface area (Å²) in [5.41, 5.74) is -0.0659. The first-order valence-electron chi connectivity index (χ1n) is 6.64. The van der Waals surface area contributed by atoms with Crippen LogP contribution in [0.1, 0.15) is 45.4 Å². The first kappa shape index (κ1) is 12.8. The van der Waals surface area contributed by atoms with Gasteiger partial charge in [-0.2, -0.15) is 0 Å². The van der Waals surface area contributed by atoms with Crippen molar-refractivity contribution in [2.45, 2.75) is 56.6 Å². The van der Waals surface area contributed by atoms with E-state index >= 15 is 0 Å². The van der Waals surface area contributed by atoms with Gasteiger partial charge in [0.25, 0.3) is 0 Å². The lowest BCUT2D eigenvalue weighted by Crippen LogP contribution is -2.50. The van der Waals surface area contributed by atoms with Gasteiger partial charge < -0.3 is 15.4 Å². The van der Waals surface area contributed by atoms with Gasteiger partial charge in [0.2, 0.25) is 5.91 Å². The molecule has 98 valence electrons. The highest BCUT2D eigenvalue weighted by atomic mass is 16.5. The smallest absolute Gasteiger partial charge is 0.222 e. The summed E-state index contributed by atoms with van der Waals surface area (Å²) in [5.74, 6) is 0.126. The highest BCUT2D eigenvalue weighted by Crippen LogP contribution is 2.37. The molecule has 1 saturated carbocycles. The van der Waals surface area contributed by atoms with Crippen LogP contribution in [0, 0.1) is 0 Å². The molecule has 1 aliphatic carbocycles. The number of rotatable bonds is 5. The van der Waals surface area contributed by atoms with Crippen molar-refractivity contribution in [3.8, 4) is 0 Å². The van der Waals surface area contributed by atoms with E-state index in [1.807, 2.05) is 0 Å². The molecule has 1 atom stereocenters. The summed E-state index contributed by atoms with van der Waals surface area (Å²) >= 11 is 0. The number of amides is 1. The Hall–Kier alpha value is -0.610. The number of nitrogens with one attached hydrogen (secondary N) is 2. The predicted molar refractivity (Wildman–Crippen MR) is 66.9 cm³/mol. The Labute approximate surface area is 103 Å². The van der Waals surface area contributed by atoms with Gasteiger partial charge in [0.05, 0.1) is 12.0 Å². The number of carbonyl (C=O) groups excluding carboxylic acids is 1. The van der Waals surface area contributed by atoms with Crippen LogP contribution in [0.5, 0.6) is 0 Å². The average Bonchev–Trinajstić information content (AvgIpc) is 2.69. The molecule has 1 aliphatic heterocycles. The molecule has 2 rings (SSSR count). The molecule has 1 heterocycles. The van der Waals surface area contributed by atoms with Crippen LogP contribution in [0.3, 0.4) is 0 Å². The van der Waals surface area contributed by atoms with Crippen molar-refractivity contribution in [2.75, 3.05) is 20.2 Å². The molecule has 2 N–H and O–H groups in total. The third kappa shape index (κ3) is 2.99. The quantitative estimate of drug-likeness (QED) is 0.759. The summed E-state index contributed by atoms with van der Waals surface area (Å²) < 4.78 is 5.46. The second-order valence-corrected chi connectivity index (χ2v) is 5.79. The van der Waals surface area contributed by atoms with E-state index in [1.165, 1.54) is 12.8 Å². The maximum absolute atomic E-state index is 11.9. The van der Waals surface area contributed by atoms with E-state index < -0.39 is 0 Å². The van der Waals surface area contributed by atoms with Crippen molar-refractivity contribution < 1.29 is 9.53 Å². The van der Waals surface area contributed by atoms with Gasteiger partial charge in [0, 0.05) is 19.2 Å². The lowest BCUT2D eigenvalue weighted by molar-refractivity contribution is -0.134. The van der Waals surface area contributed by atoms with Crippen LogP contribution < -0.4 is 10.6 Å². The Morgan fingerprint density at radius 2 is 2.12 bits per heavy atom. The normalized spacial score (nSPS) is 30.9. The first-order valence-corrected chi connectivity index (χ1v) is 6.64. The number of carbonyl (C=O) groups is 1. The van der Waals surface area contributed by atoms with Gasteiger partial charge in [-0.05, 0) is 45.6 Å². The molecule has 0 bridgehead atoms. The van der Waals surface area contributed by atoms with Gasteiger partial charge in [0.1, 0.15) is 0 Å². The van der Waals surface area contributed by atoms with Crippen molar-refractivity contribution >= 4 is 5.91 Å². The summed E-state index contributed by atoms with van der Waals surface area (Å²) in [4.78, 5) is 11.9. The van der Waals surface area contributed by atoms with Gasteiger partial charge in [-0.3, -0.25) is 4.79 Å². The summed E-state index contributed by atoms with van der Waals surface area (Å²) in [7, 11) is 1.71. The predicted octanol–water partition coefficient (Wildman–Crippen LogP) is 1.20. The van der Waals surface area contributed by atoms with E-state index in [2.05, 4.69) is 17.6 Å². The lowest BCUT2D eigenvalue weighted by Gasteiger charge is -2.40. The second kappa shape index (κ2) is 4.94. The minimum atomic E-state index is -0.159. The molecular formula is C13H24N2O2. The number of hydrogen-bond acceptors (Lipinski definition) is 3. The third-order valence-corrected chi connectivity index (χ3v) is 4.31. The monoisotopic (exact) mass is 240 g/mol. The van der Waals surface area contributed by atoms with Gasteiger partial charge in [-0.15, -0.1) is 0 Å². The fourth-order valence-corrected chi connectivity index (χ4v) is 2.78. The van der Waals surface area contributed by atoms with Crippen LogP contribution in [0.4, 0.5) is 0 Å². The number of methoxy groups -OCH3 is 1. The molecule has 1 saturated heterocycles. The molecule has 2 fully saturated rings. The molecule has 0 radical (unpaired) electrons. The summed E-state index contributed by atoms with van der Waals surface area (Å²) in [5, 5.41) is 6.49. The van der Waals surface area contributed by atoms with Crippen LogP contribution in [0.25, 0.3) is 0 Å². The summed E-state index contributed by atoms with van der Waals surface area (Å²) in [6.45, 7) is 3.97. The van der Waals surface area contributed by atoms with Crippen molar-refractivity contribution in [1.82, 2.24) is 10.6 Å². The van der Waals surface area contributed by atoms with E-state index in [9.17, 15) is 4.79 Å². The minimum absolute atomic E-state index is 0.0928. The molecule has 2 aliphatic rings. The van der Waals surface area contributed by atoms with Crippen molar-refractivity contribution in [2.24, 2.45) is 0 Å². The Balaban J connectivity index is 1.74. The molecule has 0 spiro atoms. The minimum Gasteiger partial charge on any atom is -0.378 e. The molecule has 1 unspecified atom stereocenters.